The Morgan fingerprint density at radius 1 is 1.10 bits per heavy atom. The number of thioether (sulfide) groups is 1. The monoisotopic (exact) mass is 459 g/mol. The normalized spacial score (nSPS) is 15.7. The lowest BCUT2D eigenvalue weighted by atomic mass is 10.2. The van der Waals surface area contributed by atoms with Gasteiger partial charge in [0.25, 0.3) is 17.1 Å². The Balaban J connectivity index is 1.62. The lowest BCUT2D eigenvalue weighted by Gasteiger charge is -2.14. The molecule has 0 unspecified atom stereocenters. The second-order valence-corrected chi connectivity index (χ2v) is 9.96. The van der Waals surface area contributed by atoms with E-state index in [0.717, 1.165) is 26.5 Å². The van der Waals surface area contributed by atoms with Crippen molar-refractivity contribution >= 4 is 44.9 Å². The van der Waals surface area contributed by atoms with E-state index in [1.165, 1.54) is 38.4 Å². The minimum absolute atomic E-state index is 0.00198. The summed E-state index contributed by atoms with van der Waals surface area (Å²) < 4.78 is 25.5. The van der Waals surface area contributed by atoms with Crippen molar-refractivity contribution in [1.82, 2.24) is 14.5 Å². The van der Waals surface area contributed by atoms with Crippen LogP contribution in [-0.4, -0.2) is 61.9 Å². The van der Waals surface area contributed by atoms with Crippen molar-refractivity contribution in [3.8, 4) is 0 Å². The van der Waals surface area contributed by atoms with Gasteiger partial charge in [0.1, 0.15) is 0 Å². The molecule has 3 rings (SSSR count). The topological polar surface area (TPSA) is 104 Å². The molecule has 0 spiro atoms. The SMILES string of the molecule is CN(C)S(=O)(=O)c1cccc(C(=O)NCCN2C(=O)SC(=Cc3ccccc3)C2=O)c1. The number of amides is 3. The first-order valence-corrected chi connectivity index (χ1v) is 11.6. The van der Waals surface area contributed by atoms with Crippen LogP contribution in [-0.2, 0) is 14.8 Å². The van der Waals surface area contributed by atoms with E-state index < -0.39 is 27.1 Å². The summed E-state index contributed by atoms with van der Waals surface area (Å²) in [6.45, 7) is 0.0539. The Kier molecular flexibility index (Phi) is 6.94. The van der Waals surface area contributed by atoms with Crippen LogP contribution in [0.2, 0.25) is 0 Å². The highest BCUT2D eigenvalue weighted by molar-refractivity contribution is 8.18. The third kappa shape index (κ3) is 5.22. The maximum atomic E-state index is 12.5. The third-order valence-electron chi connectivity index (χ3n) is 4.47. The Labute approximate surface area is 185 Å². The van der Waals surface area contributed by atoms with E-state index in [0.29, 0.717) is 4.91 Å². The summed E-state index contributed by atoms with van der Waals surface area (Å²) >= 11 is 0.854. The van der Waals surface area contributed by atoms with Gasteiger partial charge in [0.15, 0.2) is 0 Å². The van der Waals surface area contributed by atoms with Crippen LogP contribution in [0, 0.1) is 0 Å². The van der Waals surface area contributed by atoms with Gasteiger partial charge in [-0.25, -0.2) is 12.7 Å². The van der Waals surface area contributed by atoms with Crippen LogP contribution in [0.25, 0.3) is 6.08 Å². The summed E-state index contributed by atoms with van der Waals surface area (Å²) in [5.41, 5.74) is 0.981. The molecule has 2 aromatic rings. The van der Waals surface area contributed by atoms with Crippen molar-refractivity contribution in [2.45, 2.75) is 4.90 Å². The maximum absolute atomic E-state index is 12.5. The highest BCUT2D eigenvalue weighted by atomic mass is 32.2. The largest absolute Gasteiger partial charge is 0.350 e. The summed E-state index contributed by atoms with van der Waals surface area (Å²) in [5, 5.41) is 2.21. The van der Waals surface area contributed by atoms with Gasteiger partial charge >= 0.3 is 0 Å². The van der Waals surface area contributed by atoms with Gasteiger partial charge in [-0.3, -0.25) is 19.3 Å². The van der Waals surface area contributed by atoms with E-state index in [-0.39, 0.29) is 23.5 Å². The van der Waals surface area contributed by atoms with Gasteiger partial charge in [-0.2, -0.15) is 0 Å². The van der Waals surface area contributed by atoms with Crippen LogP contribution in [0.15, 0.2) is 64.4 Å². The fraction of sp³-hybridized carbons (Fsp3) is 0.190. The van der Waals surface area contributed by atoms with E-state index in [1.807, 2.05) is 30.3 Å². The molecule has 2 aromatic carbocycles. The van der Waals surface area contributed by atoms with Crippen LogP contribution >= 0.6 is 11.8 Å². The molecule has 1 saturated heterocycles. The molecule has 162 valence electrons. The number of carbonyl (C=O) groups excluding carboxylic acids is 3. The quantitative estimate of drug-likeness (QED) is 0.638. The zero-order valence-corrected chi connectivity index (χ0v) is 18.6. The summed E-state index contributed by atoms with van der Waals surface area (Å²) in [7, 11) is -0.851. The molecule has 1 N–H and O–H groups in total. The maximum Gasteiger partial charge on any atom is 0.293 e. The number of hydrogen-bond acceptors (Lipinski definition) is 6. The molecule has 3 amide bonds. The molecule has 0 aromatic heterocycles. The molecule has 0 bridgehead atoms. The molecule has 0 saturated carbocycles. The van der Waals surface area contributed by atoms with Gasteiger partial charge in [0.2, 0.25) is 10.0 Å². The van der Waals surface area contributed by atoms with Gasteiger partial charge in [-0.15, -0.1) is 0 Å². The molecule has 10 heteroatoms. The van der Waals surface area contributed by atoms with Gasteiger partial charge < -0.3 is 5.32 Å². The number of hydrogen-bond donors (Lipinski definition) is 1. The number of sulfonamides is 1. The third-order valence-corrected chi connectivity index (χ3v) is 7.19. The minimum atomic E-state index is -3.67. The Hall–Kier alpha value is -2.95. The molecule has 1 aliphatic heterocycles. The van der Waals surface area contributed by atoms with Crippen molar-refractivity contribution in [2.24, 2.45) is 0 Å². The van der Waals surface area contributed by atoms with E-state index >= 15 is 0 Å². The number of imide groups is 1. The predicted molar refractivity (Wildman–Crippen MR) is 119 cm³/mol. The zero-order chi connectivity index (χ0) is 22.6. The van der Waals surface area contributed by atoms with Gasteiger partial charge in [0.05, 0.1) is 9.80 Å². The van der Waals surface area contributed by atoms with Crippen LogP contribution in [0.4, 0.5) is 4.79 Å². The Morgan fingerprint density at radius 2 is 1.81 bits per heavy atom. The summed E-state index contributed by atoms with van der Waals surface area (Å²) in [6.07, 6.45) is 1.65. The number of nitrogens with one attached hydrogen (secondary N) is 1. The fourth-order valence-electron chi connectivity index (χ4n) is 2.79. The van der Waals surface area contributed by atoms with E-state index in [9.17, 15) is 22.8 Å². The molecular formula is C21H21N3O5S2. The van der Waals surface area contributed by atoms with Crippen LogP contribution in [0.5, 0.6) is 0 Å². The number of carbonyl (C=O) groups is 3. The van der Waals surface area contributed by atoms with Gasteiger partial charge in [-0.1, -0.05) is 36.4 Å². The standard InChI is InChI=1S/C21H21N3O5S2/c1-23(2)31(28,29)17-10-6-9-16(14-17)19(25)22-11-12-24-20(26)18(30-21(24)27)13-15-7-4-3-5-8-15/h3-10,13-14H,11-12H2,1-2H3,(H,22,25). The first-order chi connectivity index (χ1) is 14.7. The fourth-order valence-corrected chi connectivity index (χ4v) is 4.60. The number of benzene rings is 2. The van der Waals surface area contributed by atoms with Crippen LogP contribution in [0.3, 0.4) is 0 Å². The molecule has 8 nitrogen and oxygen atoms in total. The second-order valence-electron chi connectivity index (χ2n) is 6.82. The molecule has 1 fully saturated rings. The number of nitrogens with zero attached hydrogens (tertiary/aromatic N) is 2. The Morgan fingerprint density at radius 3 is 2.48 bits per heavy atom. The van der Waals surface area contributed by atoms with E-state index in [2.05, 4.69) is 5.32 Å². The molecule has 0 atom stereocenters. The zero-order valence-electron chi connectivity index (χ0n) is 16.9. The summed E-state index contributed by atoms with van der Waals surface area (Å²) in [4.78, 5) is 38.5. The van der Waals surface area contributed by atoms with Crippen molar-refractivity contribution < 1.29 is 22.8 Å². The molecule has 0 aliphatic carbocycles. The van der Waals surface area contributed by atoms with E-state index in [1.54, 1.807) is 6.08 Å². The predicted octanol–water partition coefficient (Wildman–Crippen LogP) is 2.40. The molecule has 0 radical (unpaired) electrons. The first-order valence-electron chi connectivity index (χ1n) is 9.31. The average molecular weight is 460 g/mol. The highest BCUT2D eigenvalue weighted by Crippen LogP contribution is 2.31. The molecule has 1 heterocycles. The lowest BCUT2D eigenvalue weighted by Crippen LogP contribution is -2.37. The van der Waals surface area contributed by atoms with Gasteiger partial charge in [-0.05, 0) is 41.6 Å². The smallest absolute Gasteiger partial charge is 0.293 e. The molecular weight excluding hydrogens is 438 g/mol. The van der Waals surface area contributed by atoms with Crippen LogP contribution < -0.4 is 5.32 Å². The average Bonchev–Trinajstić information content (AvgIpc) is 3.01. The van der Waals surface area contributed by atoms with Crippen LogP contribution in [0.1, 0.15) is 15.9 Å². The van der Waals surface area contributed by atoms with E-state index in [4.69, 9.17) is 0 Å². The molecule has 31 heavy (non-hydrogen) atoms. The van der Waals surface area contributed by atoms with Crippen molar-refractivity contribution in [3.05, 3.63) is 70.6 Å². The summed E-state index contributed by atoms with van der Waals surface area (Å²) in [5.74, 6) is -0.908. The Bertz CT molecular complexity index is 1140. The first kappa shape index (κ1) is 22.7. The summed E-state index contributed by atoms with van der Waals surface area (Å²) in [6, 6.07) is 14.9. The van der Waals surface area contributed by atoms with Crippen molar-refractivity contribution in [3.63, 3.8) is 0 Å². The second kappa shape index (κ2) is 9.46. The minimum Gasteiger partial charge on any atom is -0.350 e. The van der Waals surface area contributed by atoms with Gasteiger partial charge in [0, 0.05) is 32.7 Å². The lowest BCUT2D eigenvalue weighted by molar-refractivity contribution is -0.122. The van der Waals surface area contributed by atoms with Crippen molar-refractivity contribution in [2.75, 3.05) is 27.2 Å². The van der Waals surface area contributed by atoms with Crippen molar-refractivity contribution in [1.29, 1.82) is 0 Å². The highest BCUT2D eigenvalue weighted by Gasteiger charge is 2.34. The number of rotatable bonds is 7. The molecule has 1 aliphatic rings.